The molecule has 3 rings (SSSR count). The fourth-order valence-electron chi connectivity index (χ4n) is 3.39. The Kier molecular flexibility index (Phi) is 4.97. The molecule has 138 valence electrons. The lowest BCUT2D eigenvalue weighted by molar-refractivity contribution is -0.143. The van der Waals surface area contributed by atoms with Crippen LogP contribution in [0.1, 0.15) is 29.7 Å². The molecule has 0 radical (unpaired) electrons. The van der Waals surface area contributed by atoms with Crippen LogP contribution in [0, 0.1) is 26.7 Å². The van der Waals surface area contributed by atoms with Crippen LogP contribution in [0.25, 0.3) is 5.69 Å². The molecule has 7 nitrogen and oxygen atoms in total. The summed E-state index contributed by atoms with van der Waals surface area (Å²) >= 11 is 0. The minimum Gasteiger partial charge on any atom is -0.481 e. The number of carbonyl (C=O) groups excluding carboxylic acids is 1. The highest BCUT2D eigenvalue weighted by Gasteiger charge is 2.27. The van der Waals surface area contributed by atoms with Crippen LogP contribution < -0.4 is 5.32 Å². The van der Waals surface area contributed by atoms with Crippen molar-refractivity contribution in [1.29, 1.82) is 0 Å². The van der Waals surface area contributed by atoms with Gasteiger partial charge in [-0.3, -0.25) is 10.1 Å². The van der Waals surface area contributed by atoms with E-state index >= 15 is 0 Å². The van der Waals surface area contributed by atoms with Gasteiger partial charge in [-0.15, -0.1) is 5.10 Å². The van der Waals surface area contributed by atoms with Crippen molar-refractivity contribution in [3.63, 3.8) is 0 Å². The van der Waals surface area contributed by atoms with E-state index in [1.807, 2.05) is 31.5 Å². The average molecular weight is 356 g/mol. The molecule has 1 aliphatic rings. The minimum absolute atomic E-state index is 0.237. The molecule has 2 amide bonds. The summed E-state index contributed by atoms with van der Waals surface area (Å²) in [5.74, 6) is -0.648. The summed E-state index contributed by atoms with van der Waals surface area (Å²) in [6.07, 6.45) is 0.970. The van der Waals surface area contributed by atoms with E-state index in [-0.39, 0.29) is 11.9 Å². The summed E-state index contributed by atoms with van der Waals surface area (Å²) in [5, 5.41) is 16.4. The van der Waals surface area contributed by atoms with Crippen LogP contribution in [0.15, 0.2) is 24.3 Å². The van der Waals surface area contributed by atoms with Crippen molar-refractivity contribution >= 4 is 17.8 Å². The number of hydrogen-bond acceptors (Lipinski definition) is 3. The number of benzene rings is 1. The van der Waals surface area contributed by atoms with Gasteiger partial charge in [0.1, 0.15) is 0 Å². The van der Waals surface area contributed by atoms with E-state index < -0.39 is 5.97 Å². The first-order chi connectivity index (χ1) is 12.3. The molecule has 1 aliphatic heterocycles. The van der Waals surface area contributed by atoms with Gasteiger partial charge in [0.15, 0.2) is 5.82 Å². The van der Waals surface area contributed by atoms with Crippen molar-refractivity contribution < 1.29 is 14.7 Å². The molecule has 1 saturated heterocycles. The number of carboxylic acid groups (broad SMARTS) is 1. The predicted octanol–water partition coefficient (Wildman–Crippen LogP) is 3.13. The number of amides is 2. The fraction of sp³-hybridized carbons (Fsp3) is 0.421. The van der Waals surface area contributed by atoms with Gasteiger partial charge in [0.2, 0.25) is 0 Å². The number of nitrogens with one attached hydrogen (secondary N) is 1. The second-order valence-corrected chi connectivity index (χ2v) is 6.96. The summed E-state index contributed by atoms with van der Waals surface area (Å²) in [4.78, 5) is 25.1. The SMILES string of the molecule is Cc1cc(C)cc(-n2nc(NC(=O)N3CCC(C(=O)O)CC3)cc2C)c1. The van der Waals surface area contributed by atoms with E-state index in [0.717, 1.165) is 22.5 Å². The van der Waals surface area contributed by atoms with Crippen LogP contribution in [0.5, 0.6) is 0 Å². The normalized spacial score (nSPS) is 15.1. The van der Waals surface area contributed by atoms with Crippen LogP contribution in [0.4, 0.5) is 10.6 Å². The molecule has 7 heteroatoms. The van der Waals surface area contributed by atoms with Gasteiger partial charge < -0.3 is 10.0 Å². The molecule has 1 aromatic carbocycles. The second-order valence-electron chi connectivity index (χ2n) is 6.96. The molecule has 0 spiro atoms. The Labute approximate surface area is 152 Å². The summed E-state index contributed by atoms with van der Waals surface area (Å²) in [5.41, 5.74) is 4.20. The summed E-state index contributed by atoms with van der Waals surface area (Å²) in [7, 11) is 0. The van der Waals surface area contributed by atoms with Crippen LogP contribution in [0.3, 0.4) is 0 Å². The van der Waals surface area contributed by atoms with Crippen molar-refractivity contribution in [3.05, 3.63) is 41.1 Å². The highest BCUT2D eigenvalue weighted by Crippen LogP contribution is 2.20. The Balaban J connectivity index is 1.70. The molecule has 1 aromatic heterocycles. The van der Waals surface area contributed by atoms with Crippen molar-refractivity contribution in [1.82, 2.24) is 14.7 Å². The van der Waals surface area contributed by atoms with E-state index in [4.69, 9.17) is 5.11 Å². The molecule has 1 fully saturated rings. The highest BCUT2D eigenvalue weighted by atomic mass is 16.4. The molecule has 0 bridgehead atoms. The monoisotopic (exact) mass is 356 g/mol. The van der Waals surface area contributed by atoms with Gasteiger partial charge in [-0.05, 0) is 56.9 Å². The first-order valence-electron chi connectivity index (χ1n) is 8.77. The molecule has 0 aliphatic carbocycles. The van der Waals surface area contributed by atoms with Gasteiger partial charge in [0.25, 0.3) is 0 Å². The smallest absolute Gasteiger partial charge is 0.323 e. The minimum atomic E-state index is -0.784. The number of carbonyl (C=O) groups is 2. The van der Waals surface area contributed by atoms with Gasteiger partial charge in [-0.1, -0.05) is 6.07 Å². The molecule has 26 heavy (non-hydrogen) atoms. The maximum atomic E-state index is 12.4. The van der Waals surface area contributed by atoms with Gasteiger partial charge in [0.05, 0.1) is 11.6 Å². The van der Waals surface area contributed by atoms with Gasteiger partial charge in [0, 0.05) is 24.8 Å². The maximum Gasteiger partial charge on any atom is 0.323 e. The molecule has 0 atom stereocenters. The Hall–Kier alpha value is -2.83. The van der Waals surface area contributed by atoms with Crippen molar-refractivity contribution in [3.8, 4) is 5.69 Å². The third-order valence-corrected chi connectivity index (χ3v) is 4.70. The van der Waals surface area contributed by atoms with Crippen LogP contribution in [-0.2, 0) is 4.79 Å². The largest absolute Gasteiger partial charge is 0.481 e. The number of hydrogen-bond donors (Lipinski definition) is 2. The number of likely N-dealkylation sites (tertiary alicyclic amines) is 1. The third-order valence-electron chi connectivity index (χ3n) is 4.70. The fourth-order valence-corrected chi connectivity index (χ4v) is 3.39. The Morgan fingerprint density at radius 1 is 1.08 bits per heavy atom. The number of carboxylic acids is 1. The zero-order chi connectivity index (χ0) is 18.8. The number of rotatable bonds is 3. The summed E-state index contributed by atoms with van der Waals surface area (Å²) in [6.45, 7) is 6.91. The first-order valence-corrected chi connectivity index (χ1v) is 8.77. The number of aliphatic carboxylic acids is 1. The molecular weight excluding hydrogens is 332 g/mol. The van der Waals surface area contributed by atoms with Crippen LogP contribution >= 0.6 is 0 Å². The molecule has 2 heterocycles. The zero-order valence-electron chi connectivity index (χ0n) is 15.3. The molecule has 2 N–H and O–H groups in total. The van der Waals surface area contributed by atoms with Crippen LogP contribution in [-0.4, -0.2) is 44.9 Å². The lowest BCUT2D eigenvalue weighted by atomic mass is 9.97. The summed E-state index contributed by atoms with van der Waals surface area (Å²) < 4.78 is 1.81. The van der Waals surface area contributed by atoms with Gasteiger partial charge in [-0.2, -0.15) is 0 Å². The van der Waals surface area contributed by atoms with Crippen molar-refractivity contribution in [2.75, 3.05) is 18.4 Å². The maximum absolute atomic E-state index is 12.4. The lowest BCUT2D eigenvalue weighted by Gasteiger charge is -2.29. The topological polar surface area (TPSA) is 87.5 Å². The number of piperidine rings is 1. The first kappa shape index (κ1) is 18.0. The standard InChI is InChI=1S/C19H24N4O3/c1-12-8-13(2)10-16(9-12)23-14(3)11-17(21-23)20-19(26)22-6-4-15(5-7-22)18(24)25/h8-11,15H,4-7H2,1-3H3,(H,24,25)(H,20,21,26). The Bertz CT molecular complexity index is 815. The number of nitrogens with zero attached hydrogens (tertiary/aromatic N) is 3. The number of aryl methyl sites for hydroxylation is 3. The molecule has 2 aromatic rings. The van der Waals surface area contributed by atoms with E-state index in [1.165, 1.54) is 0 Å². The number of anilines is 1. The second kappa shape index (κ2) is 7.19. The Morgan fingerprint density at radius 3 is 2.27 bits per heavy atom. The quantitative estimate of drug-likeness (QED) is 0.884. The van der Waals surface area contributed by atoms with Gasteiger partial charge in [-0.25, -0.2) is 9.48 Å². The lowest BCUT2D eigenvalue weighted by Crippen LogP contribution is -2.42. The molecule has 0 unspecified atom stereocenters. The zero-order valence-corrected chi connectivity index (χ0v) is 15.3. The molecule has 0 saturated carbocycles. The van der Waals surface area contributed by atoms with E-state index in [0.29, 0.717) is 31.7 Å². The summed E-state index contributed by atoms with van der Waals surface area (Å²) in [6, 6.07) is 7.80. The number of urea groups is 1. The van der Waals surface area contributed by atoms with Crippen LogP contribution in [0.2, 0.25) is 0 Å². The average Bonchev–Trinajstić information content (AvgIpc) is 2.94. The predicted molar refractivity (Wildman–Crippen MR) is 98.7 cm³/mol. The number of aromatic nitrogens is 2. The third kappa shape index (κ3) is 3.87. The van der Waals surface area contributed by atoms with Crippen molar-refractivity contribution in [2.24, 2.45) is 5.92 Å². The van der Waals surface area contributed by atoms with Gasteiger partial charge >= 0.3 is 12.0 Å². The highest BCUT2D eigenvalue weighted by molar-refractivity contribution is 5.88. The van der Waals surface area contributed by atoms with Crippen molar-refractivity contribution in [2.45, 2.75) is 33.6 Å². The Morgan fingerprint density at radius 2 is 1.69 bits per heavy atom. The van der Waals surface area contributed by atoms with E-state index in [9.17, 15) is 9.59 Å². The van der Waals surface area contributed by atoms with E-state index in [2.05, 4.69) is 28.6 Å². The van der Waals surface area contributed by atoms with E-state index in [1.54, 1.807) is 4.90 Å². The molecular formula is C19H24N4O3.